The van der Waals surface area contributed by atoms with Crippen LogP contribution in [0.2, 0.25) is 0 Å². The second kappa shape index (κ2) is 6.03. The summed E-state index contributed by atoms with van der Waals surface area (Å²) >= 11 is 0. The van der Waals surface area contributed by atoms with Crippen molar-refractivity contribution in [2.75, 3.05) is 0 Å². The van der Waals surface area contributed by atoms with Crippen LogP contribution in [-0.2, 0) is 0 Å². The van der Waals surface area contributed by atoms with Crippen LogP contribution in [0.15, 0.2) is 70.5 Å². The first-order chi connectivity index (χ1) is 13.7. The number of rotatable bonds is 2. The van der Waals surface area contributed by atoms with Crippen LogP contribution >= 0.6 is 0 Å². The number of nitriles is 1. The number of benzene rings is 2. The normalized spacial score (nSPS) is 15.9. The van der Waals surface area contributed by atoms with Gasteiger partial charge in [0.05, 0.1) is 17.2 Å². The molecule has 0 radical (unpaired) electrons. The summed E-state index contributed by atoms with van der Waals surface area (Å²) in [4.78, 5) is 0. The van der Waals surface area contributed by atoms with Crippen molar-refractivity contribution in [2.24, 2.45) is 5.73 Å². The van der Waals surface area contributed by atoms with E-state index in [1.165, 1.54) is 0 Å². The average molecular weight is 368 g/mol. The van der Waals surface area contributed by atoms with E-state index >= 15 is 0 Å². The van der Waals surface area contributed by atoms with Crippen molar-refractivity contribution in [1.29, 1.82) is 5.26 Å². The van der Waals surface area contributed by atoms with E-state index in [1.54, 1.807) is 0 Å². The molecule has 3 heterocycles. The topological polar surface area (TPSA) is 101 Å². The van der Waals surface area contributed by atoms with Gasteiger partial charge >= 0.3 is 0 Å². The van der Waals surface area contributed by atoms with E-state index in [1.807, 2.05) is 37.3 Å². The second-order valence-electron chi connectivity index (χ2n) is 6.75. The molecule has 1 aliphatic rings. The van der Waals surface area contributed by atoms with Gasteiger partial charge in [0.2, 0.25) is 11.8 Å². The number of ether oxygens (including phenoxy) is 1. The highest BCUT2D eigenvalue weighted by atomic mass is 16.5. The molecule has 2 aromatic carbocycles. The van der Waals surface area contributed by atoms with Gasteiger partial charge in [-0.3, -0.25) is 5.10 Å². The summed E-state index contributed by atoms with van der Waals surface area (Å²) < 4.78 is 11.5. The van der Waals surface area contributed by atoms with E-state index in [0.29, 0.717) is 17.2 Å². The molecule has 5 rings (SSSR count). The molecule has 0 saturated carbocycles. The number of aryl methyl sites for hydroxylation is 1. The van der Waals surface area contributed by atoms with Crippen molar-refractivity contribution in [1.82, 2.24) is 10.2 Å². The van der Waals surface area contributed by atoms with E-state index in [0.717, 1.165) is 33.4 Å². The number of aromatic nitrogens is 2. The number of nitrogens with two attached hydrogens (primary N) is 1. The third-order valence-electron chi connectivity index (χ3n) is 5.02. The van der Waals surface area contributed by atoms with E-state index in [4.69, 9.17) is 14.9 Å². The molecular formula is C22H16N4O2. The Morgan fingerprint density at radius 3 is 2.68 bits per heavy atom. The average Bonchev–Trinajstić information content (AvgIpc) is 3.32. The molecule has 0 aliphatic carbocycles. The Morgan fingerprint density at radius 1 is 1.11 bits per heavy atom. The Balaban J connectivity index is 1.73. The fourth-order valence-electron chi connectivity index (χ4n) is 3.70. The zero-order valence-corrected chi connectivity index (χ0v) is 15.1. The van der Waals surface area contributed by atoms with Crippen LogP contribution < -0.4 is 10.5 Å². The molecule has 1 aliphatic heterocycles. The highest BCUT2D eigenvalue weighted by Gasteiger charge is 2.37. The van der Waals surface area contributed by atoms with Crippen molar-refractivity contribution >= 4 is 10.8 Å². The molecule has 4 aromatic rings. The molecule has 28 heavy (non-hydrogen) atoms. The fraction of sp³-hybridized carbons (Fsp3) is 0.0909. The molecule has 0 unspecified atom stereocenters. The van der Waals surface area contributed by atoms with Gasteiger partial charge in [-0.1, -0.05) is 36.4 Å². The quantitative estimate of drug-likeness (QED) is 0.548. The Bertz CT molecular complexity index is 1290. The first-order valence-corrected chi connectivity index (χ1v) is 8.87. The molecule has 0 bridgehead atoms. The van der Waals surface area contributed by atoms with Crippen LogP contribution in [-0.4, -0.2) is 10.2 Å². The Kier molecular flexibility index (Phi) is 3.49. The number of nitrogens with one attached hydrogen (secondary N) is 1. The summed E-state index contributed by atoms with van der Waals surface area (Å²) in [6.45, 7) is 1.86. The second-order valence-corrected chi connectivity index (χ2v) is 6.75. The lowest BCUT2D eigenvalue weighted by molar-refractivity contribution is 0.369. The third kappa shape index (κ3) is 2.37. The minimum absolute atomic E-state index is 0.0469. The van der Waals surface area contributed by atoms with Gasteiger partial charge < -0.3 is 14.9 Å². The van der Waals surface area contributed by atoms with Gasteiger partial charge in [-0.25, -0.2) is 0 Å². The number of H-pyrrole nitrogens is 1. The predicted octanol–water partition coefficient (Wildman–Crippen LogP) is 4.35. The number of allylic oxidation sites excluding steroid dienone is 1. The Labute approximate surface area is 160 Å². The van der Waals surface area contributed by atoms with Crippen molar-refractivity contribution in [3.63, 3.8) is 0 Å². The lowest BCUT2D eigenvalue weighted by atomic mass is 9.86. The third-order valence-corrected chi connectivity index (χ3v) is 5.02. The largest absolute Gasteiger partial charge is 0.465 e. The Morgan fingerprint density at radius 2 is 1.93 bits per heavy atom. The summed E-state index contributed by atoms with van der Waals surface area (Å²) in [6.07, 6.45) is 0. The molecule has 6 heteroatoms. The number of hydrogen-bond donors (Lipinski definition) is 2. The van der Waals surface area contributed by atoms with E-state index in [9.17, 15) is 5.26 Å². The molecule has 0 fully saturated rings. The smallest absolute Gasteiger partial charge is 0.244 e. The lowest BCUT2D eigenvalue weighted by Gasteiger charge is -2.22. The molecule has 0 spiro atoms. The van der Waals surface area contributed by atoms with Gasteiger partial charge in [-0.15, -0.1) is 5.10 Å². The maximum Gasteiger partial charge on any atom is 0.244 e. The van der Waals surface area contributed by atoms with Gasteiger partial charge in [-0.05, 0) is 35.9 Å². The highest BCUT2D eigenvalue weighted by Crippen LogP contribution is 2.46. The number of furan rings is 1. The highest BCUT2D eigenvalue weighted by molar-refractivity contribution is 5.87. The summed E-state index contributed by atoms with van der Waals surface area (Å²) in [6, 6.07) is 20.2. The SMILES string of the molecule is Cc1ccc([C@@H]2C(C#N)=C(N)Oc3n[nH]c(-c4ccc5ccccc5c4)c32)o1. The summed E-state index contributed by atoms with van der Waals surface area (Å²) in [5.74, 6) is 1.31. The fourth-order valence-corrected chi connectivity index (χ4v) is 3.70. The van der Waals surface area contributed by atoms with Gasteiger partial charge in [0.15, 0.2) is 0 Å². The molecule has 136 valence electrons. The van der Waals surface area contributed by atoms with Gasteiger partial charge in [0, 0.05) is 5.56 Å². The minimum Gasteiger partial charge on any atom is -0.465 e. The number of hydrogen-bond acceptors (Lipinski definition) is 5. The maximum absolute atomic E-state index is 9.73. The van der Waals surface area contributed by atoms with Gasteiger partial charge in [0.1, 0.15) is 23.2 Å². The molecular weight excluding hydrogens is 352 g/mol. The Hall–Kier alpha value is -3.98. The molecule has 1 atom stereocenters. The van der Waals surface area contributed by atoms with Crippen molar-refractivity contribution in [3.05, 3.63) is 83.1 Å². The molecule has 0 saturated heterocycles. The van der Waals surface area contributed by atoms with Crippen molar-refractivity contribution in [2.45, 2.75) is 12.8 Å². The monoisotopic (exact) mass is 368 g/mol. The number of nitrogens with zero attached hydrogens (tertiary/aromatic N) is 2. The standard InChI is InChI=1S/C22H16N4O2/c1-12-6-9-17(27-12)18-16(11-23)21(24)28-22-19(18)20(25-26-22)15-8-7-13-4-2-3-5-14(13)10-15/h2-10,18H,24H2,1H3,(H,25,26)/t18-/m0/s1. The van der Waals surface area contributed by atoms with Crippen LogP contribution in [0.1, 0.15) is 23.0 Å². The van der Waals surface area contributed by atoms with E-state index in [2.05, 4.69) is 40.5 Å². The van der Waals surface area contributed by atoms with E-state index in [-0.39, 0.29) is 5.88 Å². The number of fused-ring (bicyclic) bond motifs is 2. The summed E-state index contributed by atoms with van der Waals surface area (Å²) in [5.41, 5.74) is 8.78. The molecule has 0 amide bonds. The molecule has 3 N–H and O–H groups in total. The molecule has 6 nitrogen and oxygen atoms in total. The van der Waals surface area contributed by atoms with E-state index < -0.39 is 5.92 Å². The summed E-state index contributed by atoms with van der Waals surface area (Å²) in [5, 5.41) is 19.3. The first-order valence-electron chi connectivity index (χ1n) is 8.87. The number of aromatic amines is 1. The van der Waals surface area contributed by atoms with Crippen LogP contribution in [0.4, 0.5) is 0 Å². The summed E-state index contributed by atoms with van der Waals surface area (Å²) in [7, 11) is 0. The van der Waals surface area contributed by atoms with Crippen molar-refractivity contribution in [3.8, 4) is 23.2 Å². The zero-order chi connectivity index (χ0) is 19.3. The van der Waals surface area contributed by atoms with Gasteiger partial charge in [-0.2, -0.15) is 5.26 Å². The minimum atomic E-state index is -0.484. The molecule has 2 aromatic heterocycles. The van der Waals surface area contributed by atoms with Crippen molar-refractivity contribution < 1.29 is 9.15 Å². The van der Waals surface area contributed by atoms with Gasteiger partial charge in [0.25, 0.3) is 0 Å². The maximum atomic E-state index is 9.73. The zero-order valence-electron chi connectivity index (χ0n) is 15.1. The van der Waals surface area contributed by atoms with Crippen LogP contribution in [0, 0.1) is 18.3 Å². The van der Waals surface area contributed by atoms with Crippen LogP contribution in [0.3, 0.4) is 0 Å². The lowest BCUT2D eigenvalue weighted by Crippen LogP contribution is -2.20. The predicted molar refractivity (Wildman–Crippen MR) is 104 cm³/mol. The van der Waals surface area contributed by atoms with Crippen LogP contribution in [0.25, 0.3) is 22.0 Å². The van der Waals surface area contributed by atoms with Crippen LogP contribution in [0.5, 0.6) is 5.88 Å². The first kappa shape index (κ1) is 16.2.